The van der Waals surface area contributed by atoms with Crippen LogP contribution in [-0.2, 0) is 9.53 Å². The number of benzene rings is 2. The molecule has 4 nitrogen and oxygen atoms in total. The van der Waals surface area contributed by atoms with Crippen LogP contribution in [0.1, 0.15) is 12.5 Å². The van der Waals surface area contributed by atoms with Gasteiger partial charge in [-0.15, -0.1) is 0 Å². The van der Waals surface area contributed by atoms with E-state index in [1.54, 1.807) is 11.8 Å². The van der Waals surface area contributed by atoms with E-state index >= 15 is 0 Å². The Morgan fingerprint density at radius 1 is 1.18 bits per heavy atom. The van der Waals surface area contributed by atoms with Crippen molar-refractivity contribution in [2.24, 2.45) is 5.73 Å². The largest absolute Gasteiger partial charge is 0.471 e. The maximum atomic E-state index is 8.95. The van der Waals surface area contributed by atoms with Crippen LogP contribution in [0.15, 0.2) is 52.3 Å². The predicted octanol–water partition coefficient (Wildman–Crippen LogP) is 4.01. The number of aryl methyl sites for hydroxylation is 1. The molecule has 0 spiro atoms. The van der Waals surface area contributed by atoms with E-state index in [1.165, 1.54) is 22.5 Å². The molecular formula is C17H21NO3S. The molecule has 2 N–H and O–H groups in total. The molecule has 22 heavy (non-hydrogen) atoms. The van der Waals surface area contributed by atoms with Crippen molar-refractivity contribution in [2.45, 2.75) is 23.6 Å². The molecule has 3 rings (SSSR count). The van der Waals surface area contributed by atoms with Crippen LogP contribution in [0.25, 0.3) is 0 Å². The summed E-state index contributed by atoms with van der Waals surface area (Å²) in [7, 11) is 1.31. The zero-order chi connectivity index (χ0) is 16.4. The summed E-state index contributed by atoms with van der Waals surface area (Å²) in [6, 6.07) is 14.4. The number of carbonyl (C=O) groups is 1. The van der Waals surface area contributed by atoms with Crippen molar-refractivity contribution in [1.29, 1.82) is 0 Å². The molecule has 2 aromatic rings. The third kappa shape index (κ3) is 5.42. The number of fused-ring (bicyclic) bond motifs is 2. The molecule has 0 fully saturated rings. The average Bonchev–Trinajstić information content (AvgIpc) is 2.54. The molecule has 5 heteroatoms. The Balaban J connectivity index is 0.000000297. The van der Waals surface area contributed by atoms with Crippen LogP contribution >= 0.6 is 11.8 Å². The molecule has 0 aliphatic carbocycles. The van der Waals surface area contributed by atoms with Gasteiger partial charge in [-0.05, 0) is 43.3 Å². The van der Waals surface area contributed by atoms with Crippen LogP contribution in [0.3, 0.4) is 0 Å². The summed E-state index contributed by atoms with van der Waals surface area (Å²) in [4.78, 5) is 11.3. The van der Waals surface area contributed by atoms with Gasteiger partial charge in [0.1, 0.15) is 11.5 Å². The molecule has 0 unspecified atom stereocenters. The van der Waals surface area contributed by atoms with Gasteiger partial charge in [0.05, 0.1) is 16.9 Å². The fraction of sp³-hybridized carbons (Fsp3) is 0.235. The minimum atomic E-state index is 0.375. The fourth-order valence-electron chi connectivity index (χ4n) is 1.64. The van der Waals surface area contributed by atoms with E-state index in [0.29, 0.717) is 6.47 Å². The van der Waals surface area contributed by atoms with Gasteiger partial charge in [0.15, 0.2) is 0 Å². The minimum Gasteiger partial charge on any atom is -0.471 e. The van der Waals surface area contributed by atoms with Crippen molar-refractivity contribution in [3.8, 4) is 11.5 Å². The van der Waals surface area contributed by atoms with Crippen molar-refractivity contribution >= 4 is 18.2 Å². The predicted molar refractivity (Wildman–Crippen MR) is 89.6 cm³/mol. The Hall–Kier alpha value is -1.98. The van der Waals surface area contributed by atoms with Crippen LogP contribution < -0.4 is 10.5 Å². The number of nitrogens with two attached hydrogens (primary N) is 1. The van der Waals surface area contributed by atoms with Crippen molar-refractivity contribution in [1.82, 2.24) is 0 Å². The highest BCUT2D eigenvalue weighted by Gasteiger charge is 2.16. The van der Waals surface area contributed by atoms with Crippen molar-refractivity contribution in [3.05, 3.63) is 48.0 Å². The van der Waals surface area contributed by atoms with Gasteiger partial charge in [-0.1, -0.05) is 36.9 Å². The second-order valence-corrected chi connectivity index (χ2v) is 5.43. The van der Waals surface area contributed by atoms with Gasteiger partial charge in [0.2, 0.25) is 0 Å². The number of methoxy groups -OCH3 is 1. The first kappa shape index (κ1) is 18.1. The Morgan fingerprint density at radius 2 is 1.77 bits per heavy atom. The summed E-state index contributed by atoms with van der Waals surface area (Å²) in [5.74, 6) is 1.93. The van der Waals surface area contributed by atoms with Crippen molar-refractivity contribution < 1.29 is 14.3 Å². The molecule has 118 valence electrons. The molecule has 0 saturated heterocycles. The molecular weight excluding hydrogens is 298 g/mol. The highest BCUT2D eigenvalue weighted by Crippen LogP contribution is 2.46. The Kier molecular flexibility index (Phi) is 8.10. The molecule has 1 aliphatic rings. The van der Waals surface area contributed by atoms with E-state index in [0.717, 1.165) is 18.0 Å². The van der Waals surface area contributed by atoms with E-state index in [2.05, 4.69) is 35.9 Å². The Bertz CT molecular complexity index is 602. The third-order valence-corrected chi connectivity index (χ3v) is 3.60. The maximum Gasteiger partial charge on any atom is 0.292 e. The standard InChI is InChI=1S/C13H10OS.C2H7N.C2H4O2/c1-9-6-7-13-11(8-9)14-10-4-2-3-5-12(10)15-13;1-2-3;1-4-2-3/h2-8H,1H3;2-3H2,1H3;2H,1H3. The van der Waals surface area contributed by atoms with E-state index in [9.17, 15) is 0 Å². The molecule has 2 aromatic carbocycles. The van der Waals surface area contributed by atoms with Crippen LogP contribution in [0.4, 0.5) is 0 Å². The van der Waals surface area contributed by atoms with Gasteiger partial charge in [-0.3, -0.25) is 4.79 Å². The first-order valence-corrected chi connectivity index (χ1v) is 7.69. The number of ether oxygens (including phenoxy) is 2. The topological polar surface area (TPSA) is 61.5 Å². The minimum absolute atomic E-state index is 0.375. The van der Waals surface area contributed by atoms with Gasteiger partial charge in [0.25, 0.3) is 6.47 Å². The monoisotopic (exact) mass is 319 g/mol. The molecule has 0 amide bonds. The molecule has 0 bridgehead atoms. The third-order valence-electron chi connectivity index (χ3n) is 2.48. The second kappa shape index (κ2) is 9.87. The summed E-state index contributed by atoms with van der Waals surface area (Å²) in [5.41, 5.74) is 6.08. The Labute approximate surface area is 135 Å². The lowest BCUT2D eigenvalue weighted by molar-refractivity contribution is -0.126. The first-order chi connectivity index (χ1) is 10.7. The molecule has 0 saturated carbocycles. The molecule has 1 aliphatic heterocycles. The zero-order valence-corrected chi connectivity index (χ0v) is 13.9. The van der Waals surface area contributed by atoms with Gasteiger partial charge in [-0.25, -0.2) is 0 Å². The van der Waals surface area contributed by atoms with Gasteiger partial charge >= 0.3 is 0 Å². The van der Waals surface area contributed by atoms with E-state index < -0.39 is 0 Å². The van der Waals surface area contributed by atoms with E-state index in [1.807, 2.05) is 25.1 Å². The summed E-state index contributed by atoms with van der Waals surface area (Å²) < 4.78 is 9.70. The van der Waals surface area contributed by atoms with Crippen LogP contribution in [-0.4, -0.2) is 20.1 Å². The van der Waals surface area contributed by atoms with Crippen molar-refractivity contribution in [3.63, 3.8) is 0 Å². The number of rotatable bonds is 1. The number of hydrogen-bond acceptors (Lipinski definition) is 5. The molecule has 0 radical (unpaired) electrons. The fourth-order valence-corrected chi connectivity index (χ4v) is 2.57. The lowest BCUT2D eigenvalue weighted by Crippen LogP contribution is -1.94. The lowest BCUT2D eigenvalue weighted by Gasteiger charge is -2.19. The quantitative estimate of drug-likeness (QED) is 0.687. The second-order valence-electron chi connectivity index (χ2n) is 4.34. The molecule has 0 atom stereocenters. The first-order valence-electron chi connectivity index (χ1n) is 6.88. The SMILES string of the molecule is CCN.COC=O.Cc1ccc2c(c1)Oc1ccccc1S2. The van der Waals surface area contributed by atoms with Crippen LogP contribution in [0.5, 0.6) is 11.5 Å². The van der Waals surface area contributed by atoms with Crippen LogP contribution in [0.2, 0.25) is 0 Å². The zero-order valence-electron chi connectivity index (χ0n) is 13.0. The number of hydrogen-bond donors (Lipinski definition) is 1. The van der Waals surface area contributed by atoms with E-state index in [4.69, 9.17) is 15.3 Å². The summed E-state index contributed by atoms with van der Waals surface area (Å²) in [6.45, 7) is 5.11. The number of carbonyl (C=O) groups excluding carboxylic acids is 1. The average molecular weight is 319 g/mol. The van der Waals surface area contributed by atoms with Gasteiger partial charge in [-0.2, -0.15) is 0 Å². The highest BCUT2D eigenvalue weighted by molar-refractivity contribution is 7.99. The summed E-state index contributed by atoms with van der Waals surface area (Å²) >= 11 is 1.77. The normalized spacial score (nSPS) is 10.4. The highest BCUT2D eigenvalue weighted by atomic mass is 32.2. The van der Waals surface area contributed by atoms with E-state index in [-0.39, 0.29) is 0 Å². The molecule has 0 aromatic heterocycles. The van der Waals surface area contributed by atoms with Gasteiger partial charge < -0.3 is 15.2 Å². The smallest absolute Gasteiger partial charge is 0.292 e. The maximum absolute atomic E-state index is 8.95. The van der Waals surface area contributed by atoms with Gasteiger partial charge in [0, 0.05) is 0 Å². The van der Waals surface area contributed by atoms with Crippen molar-refractivity contribution in [2.75, 3.05) is 13.7 Å². The Morgan fingerprint density at radius 3 is 2.41 bits per heavy atom. The molecule has 1 heterocycles. The number of para-hydroxylation sites is 1. The lowest BCUT2D eigenvalue weighted by atomic mass is 10.2. The summed E-state index contributed by atoms with van der Waals surface area (Å²) in [6.07, 6.45) is 0. The van der Waals surface area contributed by atoms with Crippen LogP contribution in [0, 0.1) is 6.92 Å². The summed E-state index contributed by atoms with van der Waals surface area (Å²) in [5, 5.41) is 0.